The molecule has 18 heavy (non-hydrogen) atoms. The van der Waals surface area contributed by atoms with Crippen LogP contribution in [-0.2, 0) is 4.65 Å². The SMILES string of the molecule is CCC(C)OBC/C=C/CC1=CC=C(Cl)CC=C1. The first-order chi connectivity index (χ1) is 8.72. The fraction of sp³-hybridized carbons (Fsp3) is 0.467. The van der Waals surface area contributed by atoms with E-state index in [-0.39, 0.29) is 0 Å². The minimum atomic E-state index is 0.373. The molecule has 0 aliphatic heterocycles. The van der Waals surface area contributed by atoms with Gasteiger partial charge < -0.3 is 4.65 Å². The van der Waals surface area contributed by atoms with Crippen LogP contribution in [0.3, 0.4) is 0 Å². The molecule has 1 atom stereocenters. The lowest BCUT2D eigenvalue weighted by atomic mass is 9.94. The Morgan fingerprint density at radius 2 is 2.28 bits per heavy atom. The van der Waals surface area contributed by atoms with Crippen LogP contribution in [0.5, 0.6) is 0 Å². The summed E-state index contributed by atoms with van der Waals surface area (Å²) in [5.41, 5.74) is 1.30. The molecule has 98 valence electrons. The van der Waals surface area contributed by atoms with Crippen molar-refractivity contribution in [3.63, 3.8) is 0 Å². The molecule has 1 aliphatic rings. The summed E-state index contributed by atoms with van der Waals surface area (Å²) in [7, 11) is 0.812. The van der Waals surface area contributed by atoms with E-state index in [0.29, 0.717) is 6.10 Å². The second-order valence-corrected chi connectivity index (χ2v) is 5.00. The molecule has 0 aromatic rings. The predicted octanol–water partition coefficient (Wildman–Crippen LogP) is 4.53. The van der Waals surface area contributed by atoms with Gasteiger partial charge in [0.1, 0.15) is 0 Å². The first-order valence-electron chi connectivity index (χ1n) is 6.70. The summed E-state index contributed by atoms with van der Waals surface area (Å²) in [6.45, 7) is 4.25. The van der Waals surface area contributed by atoms with Gasteiger partial charge in [-0.1, -0.05) is 48.9 Å². The number of allylic oxidation sites excluding steroid dienone is 8. The number of hydrogen-bond donors (Lipinski definition) is 0. The van der Waals surface area contributed by atoms with E-state index in [0.717, 1.165) is 38.1 Å². The lowest BCUT2D eigenvalue weighted by Crippen LogP contribution is -2.09. The third-order valence-corrected chi connectivity index (χ3v) is 3.19. The van der Waals surface area contributed by atoms with Crippen molar-refractivity contribution in [3.8, 4) is 0 Å². The highest BCUT2D eigenvalue weighted by molar-refractivity contribution is 6.29. The fourth-order valence-electron chi connectivity index (χ4n) is 1.57. The largest absolute Gasteiger partial charge is 0.437 e. The van der Waals surface area contributed by atoms with Gasteiger partial charge in [-0.25, -0.2) is 0 Å². The highest BCUT2D eigenvalue weighted by Crippen LogP contribution is 2.16. The summed E-state index contributed by atoms with van der Waals surface area (Å²) in [4.78, 5) is 0. The average Bonchev–Trinajstić information content (AvgIpc) is 2.58. The Hall–Kier alpha value is -0.725. The van der Waals surface area contributed by atoms with Crippen molar-refractivity contribution < 1.29 is 4.65 Å². The molecule has 1 nitrogen and oxygen atoms in total. The number of rotatable bonds is 7. The van der Waals surface area contributed by atoms with Crippen LogP contribution in [0.1, 0.15) is 33.1 Å². The molecule has 3 heteroatoms. The third-order valence-electron chi connectivity index (χ3n) is 2.91. The van der Waals surface area contributed by atoms with Gasteiger partial charge in [0.05, 0.1) is 0 Å². The van der Waals surface area contributed by atoms with Gasteiger partial charge in [0.15, 0.2) is 0 Å². The smallest absolute Gasteiger partial charge is 0.279 e. The van der Waals surface area contributed by atoms with Gasteiger partial charge in [0.25, 0.3) is 7.48 Å². The first kappa shape index (κ1) is 15.3. The molecular formula is C15H22BClO. The van der Waals surface area contributed by atoms with E-state index in [4.69, 9.17) is 16.3 Å². The quantitative estimate of drug-likeness (QED) is 0.373. The van der Waals surface area contributed by atoms with E-state index in [9.17, 15) is 0 Å². The second kappa shape index (κ2) is 9.24. The first-order valence-corrected chi connectivity index (χ1v) is 7.08. The van der Waals surface area contributed by atoms with Gasteiger partial charge in [0.2, 0.25) is 0 Å². The zero-order valence-corrected chi connectivity index (χ0v) is 12.1. The van der Waals surface area contributed by atoms with Crippen LogP contribution in [0.15, 0.2) is 47.1 Å². The minimum Gasteiger partial charge on any atom is -0.437 e. The molecule has 1 rings (SSSR count). The van der Waals surface area contributed by atoms with Gasteiger partial charge in [-0.3, -0.25) is 0 Å². The minimum absolute atomic E-state index is 0.373. The van der Waals surface area contributed by atoms with E-state index in [1.54, 1.807) is 0 Å². The molecule has 1 unspecified atom stereocenters. The Balaban J connectivity index is 2.20. The van der Waals surface area contributed by atoms with Crippen molar-refractivity contribution in [2.45, 2.75) is 45.5 Å². The Morgan fingerprint density at radius 1 is 1.44 bits per heavy atom. The molecule has 0 aromatic heterocycles. The summed E-state index contributed by atoms with van der Waals surface area (Å²) in [5, 5.41) is 0.896. The van der Waals surface area contributed by atoms with Crippen LogP contribution in [0, 0.1) is 0 Å². The van der Waals surface area contributed by atoms with Crippen molar-refractivity contribution in [1.29, 1.82) is 0 Å². The topological polar surface area (TPSA) is 9.23 Å². The monoisotopic (exact) mass is 264 g/mol. The molecular weight excluding hydrogens is 242 g/mol. The summed E-state index contributed by atoms with van der Waals surface area (Å²) in [6.07, 6.45) is 16.9. The Morgan fingerprint density at radius 3 is 3.06 bits per heavy atom. The van der Waals surface area contributed by atoms with Crippen LogP contribution in [0.4, 0.5) is 0 Å². The third kappa shape index (κ3) is 6.88. The van der Waals surface area contributed by atoms with Crippen LogP contribution in [0.2, 0.25) is 6.32 Å². The molecule has 0 amide bonds. The highest BCUT2D eigenvalue weighted by atomic mass is 35.5. The molecule has 1 aliphatic carbocycles. The zero-order valence-electron chi connectivity index (χ0n) is 11.4. The Kier molecular flexibility index (Phi) is 7.87. The van der Waals surface area contributed by atoms with Crippen molar-refractivity contribution in [3.05, 3.63) is 47.1 Å². The van der Waals surface area contributed by atoms with E-state index in [1.165, 1.54) is 5.57 Å². The fourth-order valence-corrected chi connectivity index (χ4v) is 1.72. The van der Waals surface area contributed by atoms with E-state index >= 15 is 0 Å². The van der Waals surface area contributed by atoms with Crippen molar-refractivity contribution >= 4 is 19.1 Å². The van der Waals surface area contributed by atoms with Crippen LogP contribution in [0.25, 0.3) is 0 Å². The molecule has 0 fully saturated rings. The molecule has 0 bridgehead atoms. The van der Waals surface area contributed by atoms with Crippen LogP contribution < -0.4 is 0 Å². The van der Waals surface area contributed by atoms with Crippen LogP contribution >= 0.6 is 11.6 Å². The van der Waals surface area contributed by atoms with Crippen molar-refractivity contribution in [2.75, 3.05) is 0 Å². The zero-order chi connectivity index (χ0) is 13.2. The van der Waals surface area contributed by atoms with Gasteiger partial charge >= 0.3 is 0 Å². The Bertz CT molecular complexity index is 356. The molecule has 0 radical (unpaired) electrons. The van der Waals surface area contributed by atoms with Gasteiger partial charge in [0, 0.05) is 17.6 Å². The molecule has 0 saturated carbocycles. The second-order valence-electron chi connectivity index (χ2n) is 4.52. The average molecular weight is 265 g/mol. The van der Waals surface area contributed by atoms with Crippen molar-refractivity contribution in [2.24, 2.45) is 0 Å². The number of halogens is 1. The normalized spacial score (nSPS) is 17.3. The lowest BCUT2D eigenvalue weighted by Gasteiger charge is -2.07. The van der Waals surface area contributed by atoms with E-state index < -0.39 is 0 Å². The standard InChI is InChI=1S/C15H22BClO/c1-3-13(2)18-16-12-5-4-7-14-8-6-9-15(17)11-10-14/h4-6,8,10-11,13,16H,3,7,9,12H2,1-2H3/b5-4+. The molecule has 0 aromatic carbocycles. The van der Waals surface area contributed by atoms with Crippen molar-refractivity contribution in [1.82, 2.24) is 0 Å². The Labute approximate surface area is 117 Å². The lowest BCUT2D eigenvalue weighted by molar-refractivity contribution is 0.229. The summed E-state index contributed by atoms with van der Waals surface area (Å²) in [5.74, 6) is 0. The van der Waals surface area contributed by atoms with Gasteiger partial charge in [-0.15, -0.1) is 0 Å². The predicted molar refractivity (Wildman–Crippen MR) is 82.3 cm³/mol. The molecule has 0 heterocycles. The maximum Gasteiger partial charge on any atom is 0.279 e. The number of hydrogen-bond acceptors (Lipinski definition) is 1. The molecule has 0 saturated heterocycles. The summed E-state index contributed by atoms with van der Waals surface area (Å²) < 4.78 is 5.61. The maximum absolute atomic E-state index is 5.96. The van der Waals surface area contributed by atoms with Crippen LogP contribution in [-0.4, -0.2) is 13.6 Å². The van der Waals surface area contributed by atoms with E-state index in [2.05, 4.69) is 44.2 Å². The maximum atomic E-state index is 5.96. The van der Waals surface area contributed by atoms with Gasteiger partial charge in [-0.05, 0) is 37.7 Å². The van der Waals surface area contributed by atoms with Gasteiger partial charge in [-0.2, -0.15) is 0 Å². The highest BCUT2D eigenvalue weighted by Gasteiger charge is 1.98. The summed E-state index contributed by atoms with van der Waals surface area (Å²) >= 11 is 5.96. The molecule has 0 spiro atoms. The van der Waals surface area contributed by atoms with E-state index in [1.807, 2.05) is 6.08 Å². The summed E-state index contributed by atoms with van der Waals surface area (Å²) in [6, 6.07) is 0. The molecule has 0 N–H and O–H groups in total.